The van der Waals surface area contributed by atoms with Gasteiger partial charge in [0.05, 0.1) is 29.0 Å². The summed E-state index contributed by atoms with van der Waals surface area (Å²) in [6, 6.07) is 2.55. The van der Waals surface area contributed by atoms with Crippen LogP contribution in [0.15, 0.2) is 36.7 Å². The smallest absolute Gasteiger partial charge is 0.287 e. The van der Waals surface area contributed by atoms with Crippen LogP contribution in [0.25, 0.3) is 10.9 Å². The minimum atomic E-state index is -3.05. The van der Waals surface area contributed by atoms with E-state index in [4.69, 9.17) is 5.73 Å². The summed E-state index contributed by atoms with van der Waals surface area (Å²) in [7, 11) is -3.05. The van der Waals surface area contributed by atoms with E-state index in [2.05, 4.69) is 25.9 Å². The predicted molar refractivity (Wildman–Crippen MR) is 195 cm³/mol. The fourth-order valence-corrected chi connectivity index (χ4v) is 9.49. The van der Waals surface area contributed by atoms with Gasteiger partial charge >= 0.3 is 0 Å². The fourth-order valence-electron chi connectivity index (χ4n) is 7.94. The van der Waals surface area contributed by atoms with E-state index < -0.39 is 75.1 Å². The van der Waals surface area contributed by atoms with Gasteiger partial charge in [0.2, 0.25) is 17.6 Å². The molecule has 2 aliphatic heterocycles. The summed E-state index contributed by atoms with van der Waals surface area (Å²) in [6.45, 7) is 3.01. The maximum atomic E-state index is 14.8. The van der Waals surface area contributed by atoms with Crippen molar-refractivity contribution < 1.29 is 42.6 Å². The number of aliphatic hydroxyl groups is 1. The molecule has 3 atom stereocenters. The Morgan fingerprint density at radius 1 is 1.07 bits per heavy atom. The molecule has 16 nitrogen and oxygen atoms in total. The minimum absolute atomic E-state index is 0.0324. The van der Waals surface area contributed by atoms with Crippen molar-refractivity contribution in [3.05, 3.63) is 53.7 Å². The number of nitrogens with zero attached hydrogens (tertiary/aromatic N) is 5. The van der Waals surface area contributed by atoms with Crippen LogP contribution in [0.2, 0.25) is 0 Å². The molecule has 2 saturated heterocycles. The number of hydrogen-bond donors (Lipinski definition) is 6. The quantitative estimate of drug-likeness (QED) is 0.155. The molecule has 1 saturated carbocycles. The molecule has 3 aliphatic rings. The molecule has 4 amide bonds. The molecule has 0 radical (unpaired) electrons. The monoisotopic (exact) mass is 770 g/mol. The highest BCUT2D eigenvalue weighted by Crippen LogP contribution is 2.47. The second-order valence-electron chi connectivity index (χ2n) is 15.3. The van der Waals surface area contributed by atoms with E-state index in [1.165, 1.54) is 40.2 Å². The Hall–Kier alpha value is -4.52. The molecule has 18 heteroatoms. The normalized spacial score (nSPS) is 22.7. The van der Waals surface area contributed by atoms with Gasteiger partial charge in [-0.1, -0.05) is 37.3 Å². The number of primary amides is 1. The number of Topliss-reactive ketones (excluding diaryl/α,β-unsaturated/α-hetero) is 1. The highest BCUT2D eigenvalue weighted by atomic mass is 32.3. The van der Waals surface area contributed by atoms with E-state index >= 15 is 0 Å². The van der Waals surface area contributed by atoms with Crippen molar-refractivity contribution in [2.24, 2.45) is 11.7 Å². The molecule has 292 valence electrons. The third kappa shape index (κ3) is 8.40. The third-order valence-electron chi connectivity index (χ3n) is 11.0. The number of fused-ring (bicyclic) bond motifs is 1. The number of carbonyl (C=O) groups excluding carboxylic acids is 5. The maximum absolute atomic E-state index is 14.8. The Balaban J connectivity index is 1.34. The number of pyridine rings is 1. The van der Waals surface area contributed by atoms with Crippen molar-refractivity contribution in [3.8, 4) is 0 Å². The van der Waals surface area contributed by atoms with E-state index in [-0.39, 0.29) is 55.2 Å². The molecule has 54 heavy (non-hydrogen) atoms. The largest absolute Gasteiger partial charge is 0.384 e. The van der Waals surface area contributed by atoms with Crippen LogP contribution in [0, 0.1) is 11.7 Å². The number of nitrogens with one attached hydrogen (secondary N) is 2. The molecule has 1 unspecified atom stereocenters. The van der Waals surface area contributed by atoms with Crippen LogP contribution in [0.3, 0.4) is 0 Å². The molecule has 2 aromatic heterocycles. The average Bonchev–Trinajstić information content (AvgIpc) is 3.81. The summed E-state index contributed by atoms with van der Waals surface area (Å²) >= 11 is 0. The number of nitrogens with two attached hydrogens (primary N) is 1. The zero-order chi connectivity index (χ0) is 39.0. The Kier molecular flexibility index (Phi) is 11.1. The second-order valence-corrected chi connectivity index (χ2v) is 17.7. The molecule has 7 N–H and O–H groups in total. The number of benzene rings is 1. The van der Waals surface area contributed by atoms with E-state index in [0.29, 0.717) is 16.6 Å². The summed E-state index contributed by atoms with van der Waals surface area (Å²) in [4.78, 5) is 74.0. The number of hydrogen-bond acceptors (Lipinski definition) is 11. The van der Waals surface area contributed by atoms with Gasteiger partial charge in [0.15, 0.2) is 0 Å². The van der Waals surface area contributed by atoms with Crippen molar-refractivity contribution in [2.75, 3.05) is 18.1 Å². The second kappa shape index (κ2) is 15.3. The summed E-state index contributed by atoms with van der Waals surface area (Å²) in [5.41, 5.74) is 3.02. The van der Waals surface area contributed by atoms with Gasteiger partial charge in [0.25, 0.3) is 11.8 Å². The number of amides is 4. The molecule has 0 bridgehead atoms. The highest BCUT2D eigenvalue weighted by molar-refractivity contribution is 8.24. The SMILES string of the molecule is CC(C)(O)c1cnnn1[C@H]1C[C@@H](C(=O)NC2(C(=O)C(N)=O)CCS(O)(O)CC2)N(C(=O)C(CC2CCCCC2)NC(=O)c2cnc3cc(F)ccc3c2)C1. The van der Waals surface area contributed by atoms with Gasteiger partial charge in [-0.05, 0) is 57.2 Å². The number of ketones is 1. The van der Waals surface area contributed by atoms with Gasteiger partial charge in [0.1, 0.15) is 29.0 Å². The van der Waals surface area contributed by atoms with Crippen molar-refractivity contribution in [1.82, 2.24) is 35.5 Å². The number of carbonyl (C=O) groups is 5. The molecule has 4 heterocycles. The lowest BCUT2D eigenvalue weighted by atomic mass is 9.84. The first-order valence-corrected chi connectivity index (χ1v) is 20.0. The van der Waals surface area contributed by atoms with E-state index in [9.17, 15) is 42.6 Å². The summed E-state index contributed by atoms with van der Waals surface area (Å²) in [5.74, 6) is -5.19. The fraction of sp³-hybridized carbons (Fsp3) is 0.556. The number of halogens is 1. The van der Waals surface area contributed by atoms with Gasteiger partial charge in [-0.2, -0.15) is 10.6 Å². The van der Waals surface area contributed by atoms with Crippen molar-refractivity contribution in [3.63, 3.8) is 0 Å². The minimum Gasteiger partial charge on any atom is -0.384 e. The van der Waals surface area contributed by atoms with Crippen LogP contribution in [0.1, 0.15) is 93.7 Å². The van der Waals surface area contributed by atoms with Gasteiger partial charge in [0, 0.05) is 42.1 Å². The van der Waals surface area contributed by atoms with Crippen molar-refractivity contribution >= 4 is 50.9 Å². The van der Waals surface area contributed by atoms with Crippen LogP contribution in [0.5, 0.6) is 0 Å². The molecule has 3 fully saturated rings. The first-order chi connectivity index (χ1) is 25.5. The molecule has 1 aromatic carbocycles. The van der Waals surface area contributed by atoms with Crippen LogP contribution in [-0.2, 0) is 24.8 Å². The molecule has 0 spiro atoms. The lowest BCUT2D eigenvalue weighted by Crippen LogP contribution is -2.64. The highest BCUT2D eigenvalue weighted by Gasteiger charge is 2.51. The lowest BCUT2D eigenvalue weighted by molar-refractivity contribution is -0.145. The van der Waals surface area contributed by atoms with Gasteiger partial charge in [-0.15, -0.1) is 5.10 Å². The van der Waals surface area contributed by atoms with E-state index in [1.807, 2.05) is 0 Å². The molecule has 6 rings (SSSR count). The molecular formula is C36H47FN8O8S. The van der Waals surface area contributed by atoms with Crippen LogP contribution >= 0.6 is 10.6 Å². The molecule has 1 aliphatic carbocycles. The van der Waals surface area contributed by atoms with Crippen molar-refractivity contribution in [1.29, 1.82) is 0 Å². The van der Waals surface area contributed by atoms with Crippen LogP contribution in [-0.4, -0.2) is 104 Å². The topological polar surface area (TPSA) is 243 Å². The van der Waals surface area contributed by atoms with Crippen LogP contribution in [0.4, 0.5) is 4.39 Å². The standard InChI is InChI=1S/C36H47FN8O8S/c1-35(2,51)29-19-40-43-45(29)25-17-28(33(49)42-36(30(46)31(38)47)10-12-54(52,53)13-11-36)44(20-25)34(50)27(14-21-6-4-3-5-7-21)41-32(48)23-15-22-8-9-24(37)16-26(22)39-18-23/h8-9,15-16,18-19,21,25,27-28,51-53H,3-7,10-14,17,20H2,1-2H3,(H2,38,47)(H,41,48)(H,42,49)/t25-,27?,28-/m0/s1. The number of rotatable bonds is 11. The Morgan fingerprint density at radius 3 is 2.44 bits per heavy atom. The third-order valence-corrected chi connectivity index (χ3v) is 12.7. The Bertz CT molecular complexity index is 1930. The predicted octanol–water partition coefficient (Wildman–Crippen LogP) is 2.56. The van der Waals surface area contributed by atoms with Gasteiger partial charge < -0.3 is 26.4 Å². The Morgan fingerprint density at radius 2 is 1.78 bits per heavy atom. The Labute approximate surface area is 312 Å². The lowest BCUT2D eigenvalue weighted by Gasteiger charge is -2.45. The number of aromatic nitrogens is 4. The van der Waals surface area contributed by atoms with E-state index in [0.717, 1.165) is 32.1 Å². The molecule has 3 aromatic rings. The summed E-state index contributed by atoms with van der Waals surface area (Å²) in [6.07, 6.45) is 7.11. The molecular weight excluding hydrogens is 724 g/mol. The van der Waals surface area contributed by atoms with Crippen LogP contribution < -0.4 is 16.4 Å². The summed E-state index contributed by atoms with van der Waals surface area (Å²) in [5, 5.41) is 25.1. The number of likely N-dealkylation sites (tertiary alicyclic amines) is 1. The maximum Gasteiger partial charge on any atom is 0.287 e. The zero-order valence-electron chi connectivity index (χ0n) is 30.2. The summed E-state index contributed by atoms with van der Waals surface area (Å²) < 4.78 is 35.8. The first-order valence-electron chi connectivity index (χ1n) is 18.2. The van der Waals surface area contributed by atoms with Gasteiger partial charge in [-0.25, -0.2) is 9.07 Å². The first kappa shape index (κ1) is 39.2. The average molecular weight is 771 g/mol. The van der Waals surface area contributed by atoms with Crippen molar-refractivity contribution in [2.45, 2.75) is 101 Å². The zero-order valence-corrected chi connectivity index (χ0v) is 31.1. The van der Waals surface area contributed by atoms with Gasteiger partial charge in [-0.3, -0.25) is 38.1 Å². The van der Waals surface area contributed by atoms with E-state index in [1.54, 1.807) is 19.9 Å².